The lowest BCUT2D eigenvalue weighted by atomic mass is 10.1. The monoisotopic (exact) mass is 308 g/mol. The predicted molar refractivity (Wildman–Crippen MR) is 79.2 cm³/mol. The van der Waals surface area contributed by atoms with Gasteiger partial charge in [0.1, 0.15) is 6.07 Å². The fourth-order valence-corrected chi connectivity index (χ4v) is 4.13. The van der Waals surface area contributed by atoms with E-state index in [1.165, 1.54) is 16.4 Å². The van der Waals surface area contributed by atoms with Crippen LogP contribution in [0.15, 0.2) is 29.2 Å². The Labute approximate surface area is 126 Å². The molecule has 0 bridgehead atoms. The van der Waals surface area contributed by atoms with Crippen LogP contribution in [0.3, 0.4) is 0 Å². The number of sulfonamides is 1. The van der Waals surface area contributed by atoms with Crippen molar-refractivity contribution in [3.05, 3.63) is 29.8 Å². The van der Waals surface area contributed by atoms with Gasteiger partial charge in [-0.15, -0.1) is 0 Å². The number of nitrogens with zero attached hydrogens (tertiary/aromatic N) is 2. The molecule has 0 radical (unpaired) electrons. The molecule has 0 amide bonds. The molecule has 21 heavy (non-hydrogen) atoms. The van der Waals surface area contributed by atoms with Gasteiger partial charge in [-0.25, -0.2) is 8.42 Å². The molecule has 114 valence electrons. The van der Waals surface area contributed by atoms with Crippen molar-refractivity contribution in [1.29, 1.82) is 5.26 Å². The van der Waals surface area contributed by atoms with Crippen molar-refractivity contribution in [2.24, 2.45) is 0 Å². The molecule has 2 rings (SSSR count). The molecule has 0 N–H and O–H groups in total. The molecule has 1 aromatic carbocycles. The van der Waals surface area contributed by atoms with Crippen molar-refractivity contribution in [3.63, 3.8) is 0 Å². The van der Waals surface area contributed by atoms with Crippen LogP contribution in [0, 0.1) is 11.3 Å². The van der Waals surface area contributed by atoms with E-state index in [9.17, 15) is 8.42 Å². The van der Waals surface area contributed by atoms with Gasteiger partial charge < -0.3 is 4.74 Å². The third-order valence-electron chi connectivity index (χ3n) is 3.49. The minimum atomic E-state index is -3.60. The average molecular weight is 308 g/mol. The molecule has 0 aromatic heterocycles. The largest absolute Gasteiger partial charge is 0.375 e. The molecule has 0 saturated carbocycles. The van der Waals surface area contributed by atoms with Gasteiger partial charge >= 0.3 is 0 Å². The first-order valence-electron chi connectivity index (χ1n) is 7.10. The molecule has 0 aliphatic carbocycles. The van der Waals surface area contributed by atoms with Crippen molar-refractivity contribution < 1.29 is 13.2 Å². The Bertz CT molecular complexity index is 627. The summed E-state index contributed by atoms with van der Waals surface area (Å²) in [5, 5.41) is 9.07. The van der Waals surface area contributed by atoms with Crippen LogP contribution in [0.4, 0.5) is 0 Å². The van der Waals surface area contributed by atoms with E-state index in [4.69, 9.17) is 10.00 Å². The topological polar surface area (TPSA) is 70.4 Å². The number of hydrogen-bond acceptors (Lipinski definition) is 4. The van der Waals surface area contributed by atoms with Gasteiger partial charge in [0, 0.05) is 13.1 Å². The second kappa shape index (κ2) is 6.56. The van der Waals surface area contributed by atoms with Gasteiger partial charge in [0.25, 0.3) is 0 Å². The lowest BCUT2D eigenvalue weighted by Gasteiger charge is -2.32. The highest BCUT2D eigenvalue weighted by Gasteiger charge is 2.31. The number of benzene rings is 1. The summed E-state index contributed by atoms with van der Waals surface area (Å²) in [4.78, 5) is 0.0933. The van der Waals surface area contributed by atoms with Gasteiger partial charge in [-0.2, -0.15) is 9.57 Å². The van der Waals surface area contributed by atoms with Crippen molar-refractivity contribution in [2.75, 3.05) is 13.1 Å². The fraction of sp³-hybridized carbons (Fsp3) is 0.533. The van der Waals surface area contributed by atoms with Crippen molar-refractivity contribution >= 4 is 10.0 Å². The summed E-state index contributed by atoms with van der Waals surface area (Å²) in [7, 11) is -3.60. The predicted octanol–water partition coefficient (Wildman–Crippen LogP) is 2.14. The molecular formula is C15H20N2O3S. The summed E-state index contributed by atoms with van der Waals surface area (Å²) in [6.45, 7) is 4.82. The Hall–Kier alpha value is -1.42. The summed E-state index contributed by atoms with van der Waals surface area (Å²) in [5.74, 6) is 0. The molecule has 1 aliphatic rings. The molecule has 1 heterocycles. The van der Waals surface area contributed by atoms with E-state index in [1.807, 2.05) is 19.9 Å². The van der Waals surface area contributed by atoms with Crippen LogP contribution in [0.5, 0.6) is 0 Å². The number of piperidine rings is 1. The van der Waals surface area contributed by atoms with E-state index in [0.717, 1.165) is 0 Å². The average Bonchev–Trinajstić information content (AvgIpc) is 2.47. The van der Waals surface area contributed by atoms with Crippen LogP contribution in [0.2, 0.25) is 0 Å². The second-order valence-corrected chi connectivity index (χ2v) is 7.30. The zero-order chi connectivity index (χ0) is 15.5. The number of nitriles is 1. The van der Waals surface area contributed by atoms with Gasteiger partial charge in [0.15, 0.2) is 0 Å². The molecule has 0 unspecified atom stereocenters. The lowest BCUT2D eigenvalue weighted by molar-refractivity contribution is -0.0168. The normalized spacial score (nSPS) is 17.8. The summed E-state index contributed by atoms with van der Waals surface area (Å²) in [5.41, 5.74) is 0.193. The SMILES string of the molecule is CC(C)OC1CCN(S(=O)(=O)c2ccccc2C#N)CC1. The highest BCUT2D eigenvalue weighted by Crippen LogP contribution is 2.24. The quantitative estimate of drug-likeness (QED) is 0.854. The van der Waals surface area contributed by atoms with Gasteiger partial charge in [0.05, 0.1) is 22.7 Å². The van der Waals surface area contributed by atoms with Crippen LogP contribution in [0.25, 0.3) is 0 Å². The molecule has 0 atom stereocenters. The number of hydrogen-bond donors (Lipinski definition) is 0. The Morgan fingerprint density at radius 2 is 1.90 bits per heavy atom. The van der Waals surface area contributed by atoms with E-state index in [1.54, 1.807) is 12.1 Å². The third kappa shape index (κ3) is 3.62. The molecule has 6 heteroatoms. The minimum Gasteiger partial charge on any atom is -0.375 e. The summed E-state index contributed by atoms with van der Waals surface area (Å²) >= 11 is 0. The van der Waals surface area contributed by atoms with Crippen LogP contribution in [0.1, 0.15) is 32.3 Å². The smallest absolute Gasteiger partial charge is 0.244 e. The van der Waals surface area contributed by atoms with E-state index in [2.05, 4.69) is 0 Å². The molecule has 0 spiro atoms. The van der Waals surface area contributed by atoms with Crippen molar-refractivity contribution in [3.8, 4) is 6.07 Å². The van der Waals surface area contributed by atoms with Crippen LogP contribution < -0.4 is 0 Å². The first-order valence-corrected chi connectivity index (χ1v) is 8.54. The third-order valence-corrected chi connectivity index (χ3v) is 5.45. The summed E-state index contributed by atoms with van der Waals surface area (Å²) in [6, 6.07) is 8.27. The Morgan fingerprint density at radius 1 is 1.29 bits per heavy atom. The van der Waals surface area contributed by atoms with E-state index in [-0.39, 0.29) is 22.7 Å². The lowest BCUT2D eigenvalue weighted by Crippen LogP contribution is -2.41. The zero-order valence-corrected chi connectivity index (χ0v) is 13.1. The van der Waals surface area contributed by atoms with Crippen LogP contribution >= 0.6 is 0 Å². The molecule has 5 nitrogen and oxygen atoms in total. The van der Waals surface area contributed by atoms with E-state index < -0.39 is 10.0 Å². The van der Waals surface area contributed by atoms with E-state index in [0.29, 0.717) is 25.9 Å². The number of rotatable bonds is 4. The van der Waals surface area contributed by atoms with Gasteiger partial charge in [-0.1, -0.05) is 12.1 Å². The first-order chi connectivity index (χ1) is 9.95. The van der Waals surface area contributed by atoms with Gasteiger partial charge in [0.2, 0.25) is 10.0 Å². The zero-order valence-electron chi connectivity index (χ0n) is 12.3. The van der Waals surface area contributed by atoms with Gasteiger partial charge in [-0.05, 0) is 38.8 Å². The highest BCUT2D eigenvalue weighted by atomic mass is 32.2. The molecule has 1 aromatic rings. The standard InChI is InChI=1S/C15H20N2O3S/c1-12(2)20-14-7-9-17(10-8-14)21(18,19)15-6-4-3-5-13(15)11-16/h3-6,12,14H,7-10H2,1-2H3. The summed E-state index contributed by atoms with van der Waals surface area (Å²) in [6.07, 6.45) is 1.64. The highest BCUT2D eigenvalue weighted by molar-refractivity contribution is 7.89. The van der Waals surface area contributed by atoms with Crippen LogP contribution in [-0.2, 0) is 14.8 Å². The van der Waals surface area contributed by atoms with Gasteiger partial charge in [-0.3, -0.25) is 0 Å². The van der Waals surface area contributed by atoms with Crippen molar-refractivity contribution in [2.45, 2.75) is 43.8 Å². The second-order valence-electron chi connectivity index (χ2n) is 5.40. The number of ether oxygens (including phenoxy) is 1. The Balaban J connectivity index is 2.14. The maximum absolute atomic E-state index is 12.6. The molecular weight excluding hydrogens is 288 g/mol. The maximum atomic E-state index is 12.6. The molecule has 1 fully saturated rings. The Kier molecular flexibility index (Phi) is 4.99. The minimum absolute atomic E-state index is 0.0933. The molecule has 1 saturated heterocycles. The molecule has 1 aliphatic heterocycles. The maximum Gasteiger partial charge on any atom is 0.244 e. The summed E-state index contributed by atoms with van der Waals surface area (Å²) < 4.78 is 32.4. The van der Waals surface area contributed by atoms with E-state index >= 15 is 0 Å². The first kappa shape index (κ1) is 16.0. The van der Waals surface area contributed by atoms with Crippen molar-refractivity contribution in [1.82, 2.24) is 4.31 Å². The van der Waals surface area contributed by atoms with Crippen LogP contribution in [-0.4, -0.2) is 38.0 Å². The Morgan fingerprint density at radius 3 is 2.48 bits per heavy atom. The fourth-order valence-electron chi connectivity index (χ4n) is 2.52.